The number of ether oxygens (including phenoxy) is 1. The van der Waals surface area contributed by atoms with E-state index < -0.39 is 5.54 Å². The van der Waals surface area contributed by atoms with Crippen molar-refractivity contribution in [2.45, 2.75) is 51.6 Å². The lowest BCUT2D eigenvalue weighted by atomic mass is 9.93. The molecule has 0 aliphatic carbocycles. The number of hydrogen-bond donors (Lipinski definition) is 2. The number of hydrogen-bond acceptors (Lipinski definition) is 4. The molecule has 0 aromatic heterocycles. The van der Waals surface area contributed by atoms with Crippen molar-refractivity contribution in [3.05, 3.63) is 0 Å². The van der Waals surface area contributed by atoms with E-state index >= 15 is 0 Å². The smallest absolute Gasteiger partial charge is 0.237 e. The molecule has 3 N–H and O–H groups in total. The first-order chi connectivity index (χ1) is 8.94. The highest BCUT2D eigenvalue weighted by molar-refractivity contribution is 5.84. The summed E-state index contributed by atoms with van der Waals surface area (Å²) in [5.74, 6) is -0.264. The third-order valence-electron chi connectivity index (χ3n) is 3.62. The molecule has 19 heavy (non-hydrogen) atoms. The van der Waals surface area contributed by atoms with Crippen LogP contribution >= 0.6 is 0 Å². The zero-order valence-electron chi connectivity index (χ0n) is 12.6. The molecule has 1 saturated heterocycles. The molecule has 0 aromatic rings. The summed E-state index contributed by atoms with van der Waals surface area (Å²) in [6, 6.07) is 0.254. The number of carbonyl (C=O) groups is 1. The predicted octanol–water partition coefficient (Wildman–Crippen LogP) is 0.731. The maximum Gasteiger partial charge on any atom is 0.237 e. The second-order valence-corrected chi connectivity index (χ2v) is 5.91. The molecule has 0 bridgehead atoms. The van der Waals surface area contributed by atoms with Crippen molar-refractivity contribution in [1.82, 2.24) is 10.2 Å². The Labute approximate surface area is 116 Å². The number of carbonyl (C=O) groups excluding carboxylic acids is 1. The van der Waals surface area contributed by atoms with Crippen LogP contribution in [0.4, 0.5) is 0 Å². The van der Waals surface area contributed by atoms with Gasteiger partial charge in [-0.15, -0.1) is 0 Å². The van der Waals surface area contributed by atoms with Crippen LogP contribution in [0, 0.1) is 0 Å². The van der Waals surface area contributed by atoms with Gasteiger partial charge in [-0.1, -0.05) is 0 Å². The van der Waals surface area contributed by atoms with Gasteiger partial charge in [-0.25, -0.2) is 0 Å². The highest BCUT2D eigenvalue weighted by Crippen LogP contribution is 2.14. The Balaban J connectivity index is 2.37. The molecule has 1 heterocycles. The third kappa shape index (κ3) is 5.89. The molecule has 0 aromatic carbocycles. The summed E-state index contributed by atoms with van der Waals surface area (Å²) in [4.78, 5) is 14.0. The van der Waals surface area contributed by atoms with Crippen LogP contribution in [0.25, 0.3) is 0 Å². The molecule has 112 valence electrons. The number of primary amides is 1. The van der Waals surface area contributed by atoms with Crippen molar-refractivity contribution in [2.24, 2.45) is 5.73 Å². The van der Waals surface area contributed by atoms with Crippen LogP contribution in [0.15, 0.2) is 0 Å². The summed E-state index contributed by atoms with van der Waals surface area (Å²) in [6.07, 6.45) is 2.84. The molecular formula is C14H29N3O2. The van der Waals surface area contributed by atoms with Crippen LogP contribution in [0.1, 0.15) is 40.0 Å². The van der Waals surface area contributed by atoms with E-state index in [0.717, 1.165) is 52.1 Å². The fraction of sp³-hybridized carbons (Fsp3) is 0.929. The molecule has 0 saturated carbocycles. The molecular weight excluding hydrogens is 242 g/mol. The molecule has 1 aliphatic rings. The summed E-state index contributed by atoms with van der Waals surface area (Å²) in [7, 11) is 0. The minimum absolute atomic E-state index is 0.254. The van der Waals surface area contributed by atoms with Crippen molar-refractivity contribution in [3.63, 3.8) is 0 Å². The minimum atomic E-state index is -0.601. The molecule has 0 spiro atoms. The Morgan fingerprint density at radius 1 is 1.42 bits per heavy atom. The van der Waals surface area contributed by atoms with E-state index in [9.17, 15) is 4.79 Å². The summed E-state index contributed by atoms with van der Waals surface area (Å²) < 4.78 is 5.43. The van der Waals surface area contributed by atoms with Crippen LogP contribution in [-0.4, -0.2) is 55.2 Å². The van der Waals surface area contributed by atoms with Crippen LogP contribution in [0.3, 0.4) is 0 Å². The Morgan fingerprint density at radius 3 is 2.79 bits per heavy atom. The second kappa shape index (κ2) is 7.82. The summed E-state index contributed by atoms with van der Waals surface area (Å²) in [6.45, 7) is 10.7. The van der Waals surface area contributed by atoms with E-state index in [0.29, 0.717) is 0 Å². The first kappa shape index (κ1) is 16.4. The molecule has 1 unspecified atom stereocenters. The lowest BCUT2D eigenvalue weighted by Gasteiger charge is -2.30. The maximum absolute atomic E-state index is 11.6. The van der Waals surface area contributed by atoms with Crippen molar-refractivity contribution in [1.29, 1.82) is 0 Å². The first-order valence-electron chi connectivity index (χ1n) is 7.32. The standard InChI is InChI=1S/C14H29N3O2/c1-12(2)16-14(3,13(15)18)6-4-7-17-8-5-10-19-11-9-17/h12,16H,4-11H2,1-3H3,(H2,15,18). The average Bonchev–Trinajstić information content (AvgIpc) is 2.56. The van der Waals surface area contributed by atoms with Gasteiger partial charge in [0.15, 0.2) is 0 Å². The quantitative estimate of drug-likeness (QED) is 0.716. The number of nitrogens with one attached hydrogen (secondary N) is 1. The fourth-order valence-corrected chi connectivity index (χ4v) is 2.58. The van der Waals surface area contributed by atoms with E-state index in [1.54, 1.807) is 0 Å². The van der Waals surface area contributed by atoms with Gasteiger partial charge in [0.05, 0.1) is 12.1 Å². The van der Waals surface area contributed by atoms with Gasteiger partial charge >= 0.3 is 0 Å². The maximum atomic E-state index is 11.6. The predicted molar refractivity (Wildman–Crippen MR) is 77.0 cm³/mol. The molecule has 1 aliphatic heterocycles. The number of nitrogens with two attached hydrogens (primary N) is 1. The number of amides is 1. The Bertz CT molecular complexity index is 276. The molecule has 0 radical (unpaired) electrons. The zero-order chi connectivity index (χ0) is 14.3. The van der Waals surface area contributed by atoms with Gasteiger partial charge < -0.3 is 20.7 Å². The third-order valence-corrected chi connectivity index (χ3v) is 3.62. The SMILES string of the molecule is CC(C)NC(C)(CCCN1CCCOCC1)C(N)=O. The van der Waals surface area contributed by atoms with E-state index in [1.807, 2.05) is 20.8 Å². The van der Waals surface area contributed by atoms with Gasteiger partial charge in [0.2, 0.25) is 5.91 Å². The summed E-state index contributed by atoms with van der Waals surface area (Å²) >= 11 is 0. The molecule has 1 fully saturated rings. The number of nitrogens with zero attached hydrogens (tertiary/aromatic N) is 1. The van der Waals surface area contributed by atoms with E-state index in [4.69, 9.17) is 10.5 Å². The topological polar surface area (TPSA) is 67.6 Å². The largest absolute Gasteiger partial charge is 0.380 e. The first-order valence-corrected chi connectivity index (χ1v) is 7.32. The lowest BCUT2D eigenvalue weighted by molar-refractivity contribution is -0.124. The summed E-state index contributed by atoms with van der Waals surface area (Å²) in [5.41, 5.74) is 4.93. The highest BCUT2D eigenvalue weighted by Gasteiger charge is 2.30. The van der Waals surface area contributed by atoms with E-state index in [1.165, 1.54) is 0 Å². The van der Waals surface area contributed by atoms with Crippen LogP contribution in [0.5, 0.6) is 0 Å². The molecule has 5 heteroatoms. The highest BCUT2D eigenvalue weighted by atomic mass is 16.5. The van der Waals surface area contributed by atoms with Gasteiger partial charge in [0.25, 0.3) is 0 Å². The Hall–Kier alpha value is -0.650. The van der Waals surface area contributed by atoms with E-state index in [-0.39, 0.29) is 11.9 Å². The molecule has 1 rings (SSSR count). The van der Waals surface area contributed by atoms with Gasteiger partial charge in [0.1, 0.15) is 0 Å². The van der Waals surface area contributed by atoms with Crippen molar-refractivity contribution < 1.29 is 9.53 Å². The van der Waals surface area contributed by atoms with Crippen molar-refractivity contribution >= 4 is 5.91 Å². The molecule has 1 atom stereocenters. The molecule has 1 amide bonds. The van der Waals surface area contributed by atoms with Gasteiger partial charge in [-0.3, -0.25) is 4.79 Å². The van der Waals surface area contributed by atoms with Crippen LogP contribution in [-0.2, 0) is 9.53 Å². The van der Waals surface area contributed by atoms with E-state index in [2.05, 4.69) is 10.2 Å². The van der Waals surface area contributed by atoms with Crippen LogP contribution in [0.2, 0.25) is 0 Å². The normalized spacial score (nSPS) is 21.1. The van der Waals surface area contributed by atoms with Crippen molar-refractivity contribution in [2.75, 3.05) is 32.8 Å². The average molecular weight is 271 g/mol. The van der Waals surface area contributed by atoms with Gasteiger partial charge in [-0.05, 0) is 46.6 Å². The van der Waals surface area contributed by atoms with Crippen LogP contribution < -0.4 is 11.1 Å². The minimum Gasteiger partial charge on any atom is -0.380 e. The Morgan fingerprint density at radius 2 is 2.16 bits per heavy atom. The monoisotopic (exact) mass is 271 g/mol. The van der Waals surface area contributed by atoms with Crippen molar-refractivity contribution in [3.8, 4) is 0 Å². The zero-order valence-corrected chi connectivity index (χ0v) is 12.6. The Kier molecular flexibility index (Phi) is 6.75. The lowest BCUT2D eigenvalue weighted by Crippen LogP contribution is -2.55. The molecule has 5 nitrogen and oxygen atoms in total. The van der Waals surface area contributed by atoms with Gasteiger partial charge in [-0.2, -0.15) is 0 Å². The van der Waals surface area contributed by atoms with Gasteiger partial charge in [0, 0.05) is 25.7 Å². The number of rotatable bonds is 7. The summed E-state index contributed by atoms with van der Waals surface area (Å²) in [5, 5.41) is 3.29. The fourth-order valence-electron chi connectivity index (χ4n) is 2.58. The second-order valence-electron chi connectivity index (χ2n) is 5.91.